The van der Waals surface area contributed by atoms with Crippen molar-refractivity contribution < 1.29 is 9.47 Å². The Labute approximate surface area is 137 Å². The molecule has 1 atom stereocenters. The molecule has 0 saturated carbocycles. The number of rotatable bonds is 2. The third kappa shape index (κ3) is 2.25. The first-order valence-corrected chi connectivity index (χ1v) is 7.95. The Kier molecular flexibility index (Phi) is 3.30. The average molecular weight is 359 g/mol. The minimum absolute atomic E-state index is 0.248. The highest BCUT2D eigenvalue weighted by Gasteiger charge is 2.34. The second-order valence-corrected chi connectivity index (χ2v) is 6.31. The molecule has 22 heavy (non-hydrogen) atoms. The standard InChI is InChI=1S/C17H15BrN2O2/c1-21-13-5-2-11(3-6-13)15-9-16-14-8-12(18)4-7-17(14)22-10-20(16)19-15/h2-8,16H,9-10H2,1H3/t16-/m1/s1. The fraction of sp³-hybridized carbons (Fsp3) is 0.235. The van der Waals surface area contributed by atoms with Crippen molar-refractivity contribution >= 4 is 21.6 Å². The van der Waals surface area contributed by atoms with Crippen LogP contribution in [0.25, 0.3) is 0 Å². The summed E-state index contributed by atoms with van der Waals surface area (Å²) in [6.45, 7) is 0.499. The second kappa shape index (κ2) is 5.32. The summed E-state index contributed by atoms with van der Waals surface area (Å²) in [7, 11) is 1.68. The van der Waals surface area contributed by atoms with Crippen molar-refractivity contribution in [3.05, 3.63) is 58.1 Å². The van der Waals surface area contributed by atoms with E-state index in [4.69, 9.17) is 14.6 Å². The summed E-state index contributed by atoms with van der Waals surface area (Å²) < 4.78 is 12.1. The van der Waals surface area contributed by atoms with E-state index in [1.165, 1.54) is 5.56 Å². The number of methoxy groups -OCH3 is 1. The van der Waals surface area contributed by atoms with Crippen LogP contribution >= 0.6 is 15.9 Å². The molecule has 0 aliphatic carbocycles. The summed E-state index contributed by atoms with van der Waals surface area (Å²) >= 11 is 3.54. The van der Waals surface area contributed by atoms with Gasteiger partial charge in [-0.1, -0.05) is 15.9 Å². The third-order valence-electron chi connectivity index (χ3n) is 4.10. The topological polar surface area (TPSA) is 34.1 Å². The molecule has 2 heterocycles. The Morgan fingerprint density at radius 3 is 2.82 bits per heavy atom. The molecular formula is C17H15BrN2O2. The van der Waals surface area contributed by atoms with E-state index in [2.05, 4.69) is 34.1 Å². The Balaban J connectivity index is 1.64. The van der Waals surface area contributed by atoms with Gasteiger partial charge >= 0.3 is 0 Å². The fourth-order valence-electron chi connectivity index (χ4n) is 2.95. The number of hydrazone groups is 1. The number of nitrogens with zero attached hydrogens (tertiary/aromatic N) is 2. The van der Waals surface area contributed by atoms with E-state index in [-0.39, 0.29) is 6.04 Å². The van der Waals surface area contributed by atoms with Crippen LogP contribution in [0.1, 0.15) is 23.6 Å². The van der Waals surface area contributed by atoms with Gasteiger partial charge in [0, 0.05) is 16.5 Å². The first-order valence-electron chi connectivity index (χ1n) is 7.15. The second-order valence-electron chi connectivity index (χ2n) is 5.39. The summed E-state index contributed by atoms with van der Waals surface area (Å²) in [5.41, 5.74) is 3.41. The van der Waals surface area contributed by atoms with E-state index in [0.29, 0.717) is 6.73 Å². The summed E-state index contributed by atoms with van der Waals surface area (Å²) in [6, 6.07) is 14.4. The predicted molar refractivity (Wildman–Crippen MR) is 88.4 cm³/mol. The lowest BCUT2D eigenvalue weighted by atomic mass is 9.97. The van der Waals surface area contributed by atoms with Crippen LogP contribution in [0, 0.1) is 0 Å². The van der Waals surface area contributed by atoms with Gasteiger partial charge in [0.15, 0.2) is 6.73 Å². The molecule has 4 nitrogen and oxygen atoms in total. The zero-order chi connectivity index (χ0) is 15.1. The molecule has 2 aliphatic heterocycles. The highest BCUT2D eigenvalue weighted by molar-refractivity contribution is 9.10. The van der Waals surface area contributed by atoms with Gasteiger partial charge in [-0.15, -0.1) is 0 Å². The van der Waals surface area contributed by atoms with Crippen LogP contribution in [0.3, 0.4) is 0 Å². The first-order chi connectivity index (χ1) is 10.7. The molecular weight excluding hydrogens is 344 g/mol. The zero-order valence-corrected chi connectivity index (χ0v) is 13.7. The Hall–Kier alpha value is -2.01. The monoisotopic (exact) mass is 358 g/mol. The molecule has 0 aromatic heterocycles. The minimum Gasteiger partial charge on any atom is -0.497 e. The van der Waals surface area contributed by atoms with Crippen LogP contribution in [0.15, 0.2) is 52.0 Å². The smallest absolute Gasteiger partial charge is 0.177 e. The molecule has 0 fully saturated rings. The van der Waals surface area contributed by atoms with E-state index in [9.17, 15) is 0 Å². The van der Waals surface area contributed by atoms with Crippen molar-refractivity contribution in [2.24, 2.45) is 5.10 Å². The lowest BCUT2D eigenvalue weighted by Crippen LogP contribution is -2.29. The van der Waals surface area contributed by atoms with Crippen molar-refractivity contribution in [2.75, 3.05) is 13.8 Å². The Morgan fingerprint density at radius 1 is 1.23 bits per heavy atom. The molecule has 0 spiro atoms. The van der Waals surface area contributed by atoms with E-state index < -0.39 is 0 Å². The summed E-state index contributed by atoms with van der Waals surface area (Å²) in [4.78, 5) is 0. The van der Waals surface area contributed by atoms with Crippen molar-refractivity contribution in [3.8, 4) is 11.5 Å². The van der Waals surface area contributed by atoms with E-state index in [1.54, 1.807) is 7.11 Å². The number of halogens is 1. The molecule has 2 aromatic carbocycles. The molecule has 2 aromatic rings. The van der Waals surface area contributed by atoms with Crippen LogP contribution in [-0.2, 0) is 0 Å². The molecule has 0 N–H and O–H groups in total. The van der Waals surface area contributed by atoms with Gasteiger partial charge in [0.2, 0.25) is 0 Å². The average Bonchev–Trinajstić information content (AvgIpc) is 2.99. The Bertz CT molecular complexity index is 743. The van der Waals surface area contributed by atoms with Gasteiger partial charge in [0.1, 0.15) is 11.5 Å². The van der Waals surface area contributed by atoms with Gasteiger partial charge in [-0.05, 0) is 48.0 Å². The maximum Gasteiger partial charge on any atom is 0.177 e. The number of ether oxygens (including phenoxy) is 2. The van der Waals surface area contributed by atoms with E-state index in [1.807, 2.05) is 29.3 Å². The number of hydrogen-bond donors (Lipinski definition) is 0. The Morgan fingerprint density at radius 2 is 2.05 bits per heavy atom. The molecule has 0 unspecified atom stereocenters. The lowest BCUT2D eigenvalue weighted by Gasteiger charge is -2.30. The van der Waals surface area contributed by atoms with Crippen molar-refractivity contribution in [1.29, 1.82) is 0 Å². The van der Waals surface area contributed by atoms with Crippen LogP contribution in [0.2, 0.25) is 0 Å². The van der Waals surface area contributed by atoms with Crippen molar-refractivity contribution in [1.82, 2.24) is 5.01 Å². The molecule has 5 heteroatoms. The van der Waals surface area contributed by atoms with Crippen LogP contribution in [0.4, 0.5) is 0 Å². The third-order valence-corrected chi connectivity index (χ3v) is 4.60. The fourth-order valence-corrected chi connectivity index (χ4v) is 3.33. The SMILES string of the molecule is COc1ccc(C2=NN3COc4ccc(Br)cc4[C@H]3C2)cc1. The van der Waals surface area contributed by atoms with Gasteiger partial charge in [0.05, 0.1) is 18.9 Å². The summed E-state index contributed by atoms with van der Waals surface area (Å²) in [6.07, 6.45) is 0.888. The summed E-state index contributed by atoms with van der Waals surface area (Å²) in [5.74, 6) is 1.81. The lowest BCUT2D eigenvalue weighted by molar-refractivity contribution is 0.0749. The van der Waals surface area contributed by atoms with Crippen LogP contribution < -0.4 is 9.47 Å². The zero-order valence-electron chi connectivity index (χ0n) is 12.1. The first kappa shape index (κ1) is 13.6. The van der Waals surface area contributed by atoms with Crippen molar-refractivity contribution in [2.45, 2.75) is 12.5 Å². The van der Waals surface area contributed by atoms with Gasteiger partial charge in [-0.25, -0.2) is 0 Å². The number of benzene rings is 2. The van der Waals surface area contributed by atoms with Crippen LogP contribution in [-0.4, -0.2) is 24.6 Å². The van der Waals surface area contributed by atoms with Crippen molar-refractivity contribution in [3.63, 3.8) is 0 Å². The molecule has 2 aliphatic rings. The maximum atomic E-state index is 5.79. The molecule has 0 saturated heterocycles. The maximum absolute atomic E-state index is 5.79. The number of hydrogen-bond acceptors (Lipinski definition) is 4. The quantitative estimate of drug-likeness (QED) is 0.814. The van der Waals surface area contributed by atoms with Gasteiger partial charge in [-0.3, -0.25) is 5.01 Å². The van der Waals surface area contributed by atoms with E-state index >= 15 is 0 Å². The van der Waals surface area contributed by atoms with Gasteiger partial charge in [-0.2, -0.15) is 5.10 Å². The van der Waals surface area contributed by atoms with Crippen LogP contribution in [0.5, 0.6) is 11.5 Å². The molecule has 0 bridgehead atoms. The van der Waals surface area contributed by atoms with Gasteiger partial charge in [0.25, 0.3) is 0 Å². The largest absolute Gasteiger partial charge is 0.497 e. The number of fused-ring (bicyclic) bond motifs is 3. The van der Waals surface area contributed by atoms with E-state index in [0.717, 1.165) is 33.7 Å². The van der Waals surface area contributed by atoms with Gasteiger partial charge < -0.3 is 9.47 Å². The summed E-state index contributed by atoms with van der Waals surface area (Å²) in [5, 5.41) is 6.76. The highest BCUT2D eigenvalue weighted by Crippen LogP contribution is 2.41. The molecule has 0 radical (unpaired) electrons. The molecule has 112 valence electrons. The highest BCUT2D eigenvalue weighted by atomic mass is 79.9. The minimum atomic E-state index is 0.248. The molecule has 0 amide bonds. The molecule has 4 rings (SSSR count). The predicted octanol–water partition coefficient (Wildman–Crippen LogP) is 3.96. The normalized spacial score (nSPS) is 19.1.